The Hall–Kier alpha value is -3.29. The number of rotatable bonds is 7. The summed E-state index contributed by atoms with van der Waals surface area (Å²) >= 11 is 5.55. The average molecular weight is 548 g/mol. The van der Waals surface area contributed by atoms with Crippen LogP contribution in [-0.4, -0.2) is 29.0 Å². The van der Waals surface area contributed by atoms with Crippen molar-refractivity contribution in [1.82, 2.24) is 0 Å². The van der Waals surface area contributed by atoms with E-state index in [1.54, 1.807) is 0 Å². The van der Waals surface area contributed by atoms with Crippen molar-refractivity contribution in [3.05, 3.63) is 82.9 Å². The number of hydrogen-bond acceptors (Lipinski definition) is 5. The zero-order valence-electron chi connectivity index (χ0n) is 17.7. The number of alkyl halides is 3. The molecule has 0 saturated carbocycles. The van der Waals surface area contributed by atoms with E-state index in [-0.39, 0.29) is 27.5 Å². The van der Waals surface area contributed by atoms with E-state index in [1.807, 2.05) is 0 Å². The summed E-state index contributed by atoms with van der Waals surface area (Å²) < 4.78 is 91.0. The third kappa shape index (κ3) is 7.10. The molecule has 14 heteroatoms. The molecule has 3 aromatic rings. The quantitative estimate of drug-likeness (QED) is 0.393. The van der Waals surface area contributed by atoms with Gasteiger partial charge in [-0.15, -0.1) is 0 Å². The van der Waals surface area contributed by atoms with Gasteiger partial charge in [0.05, 0.1) is 21.7 Å². The number of anilines is 3. The number of hydrogen-bond donors (Lipinski definition) is 3. The molecule has 0 bridgehead atoms. The highest BCUT2D eigenvalue weighted by Crippen LogP contribution is 2.36. The summed E-state index contributed by atoms with van der Waals surface area (Å²) in [5, 5.41) is 1.98. The summed E-state index contributed by atoms with van der Waals surface area (Å²) in [5.74, 6) is -0.537. The molecule has 186 valence electrons. The third-order valence-electron chi connectivity index (χ3n) is 4.40. The predicted molar refractivity (Wildman–Crippen MR) is 127 cm³/mol. The molecule has 3 rings (SSSR count). The number of halogens is 4. The fourth-order valence-electron chi connectivity index (χ4n) is 2.84. The maximum Gasteiger partial charge on any atom is 0.417 e. The molecule has 35 heavy (non-hydrogen) atoms. The highest BCUT2D eigenvalue weighted by atomic mass is 35.5. The molecule has 0 fully saturated rings. The standard InChI is InChI=1S/C21H17ClF3N3O5S2/c1-34(30,31)27-15-4-2-13(3-5-15)20(29)26-14-6-9-17(10-7-14)35(32,33)28-16-8-11-19(22)18(12-16)21(23,24)25/h2-12,27-28H,1H3,(H,26,29). The Balaban J connectivity index is 1.71. The van der Waals surface area contributed by atoms with Gasteiger partial charge < -0.3 is 5.32 Å². The second kappa shape index (κ2) is 9.76. The van der Waals surface area contributed by atoms with Gasteiger partial charge in [0.15, 0.2) is 0 Å². The van der Waals surface area contributed by atoms with Crippen LogP contribution in [-0.2, 0) is 26.2 Å². The molecule has 0 radical (unpaired) electrons. The lowest BCUT2D eigenvalue weighted by Gasteiger charge is -2.13. The molecule has 8 nitrogen and oxygen atoms in total. The summed E-state index contributed by atoms with van der Waals surface area (Å²) in [6, 6.07) is 13.1. The number of nitrogens with one attached hydrogen (secondary N) is 3. The predicted octanol–water partition coefficient (Wildman–Crippen LogP) is 4.78. The van der Waals surface area contributed by atoms with Crippen molar-refractivity contribution in [2.24, 2.45) is 0 Å². The normalized spacial score (nSPS) is 12.1. The van der Waals surface area contributed by atoms with E-state index in [0.717, 1.165) is 30.5 Å². The monoisotopic (exact) mass is 547 g/mol. The zero-order chi connectivity index (χ0) is 26.0. The minimum absolute atomic E-state index is 0.214. The van der Waals surface area contributed by atoms with Crippen LogP contribution >= 0.6 is 11.6 Å². The van der Waals surface area contributed by atoms with E-state index in [0.29, 0.717) is 6.07 Å². The number of benzene rings is 3. The molecular formula is C21H17ClF3N3O5S2. The van der Waals surface area contributed by atoms with E-state index in [1.165, 1.54) is 36.4 Å². The van der Waals surface area contributed by atoms with Gasteiger partial charge in [0, 0.05) is 22.6 Å². The fraction of sp³-hybridized carbons (Fsp3) is 0.0952. The molecule has 0 aliphatic carbocycles. The Morgan fingerprint density at radius 1 is 0.800 bits per heavy atom. The van der Waals surface area contributed by atoms with Gasteiger partial charge in [0.1, 0.15) is 0 Å². The molecule has 0 aliphatic heterocycles. The largest absolute Gasteiger partial charge is 0.417 e. The Bertz CT molecular complexity index is 1460. The summed E-state index contributed by atoms with van der Waals surface area (Å²) in [4.78, 5) is 12.1. The highest BCUT2D eigenvalue weighted by Gasteiger charge is 2.33. The van der Waals surface area contributed by atoms with Gasteiger partial charge in [-0.2, -0.15) is 13.2 Å². The first-order chi connectivity index (χ1) is 16.1. The average Bonchev–Trinajstić information content (AvgIpc) is 2.74. The molecule has 0 spiro atoms. The van der Waals surface area contributed by atoms with E-state index >= 15 is 0 Å². The number of sulfonamides is 2. The lowest BCUT2D eigenvalue weighted by molar-refractivity contribution is -0.137. The van der Waals surface area contributed by atoms with Crippen molar-refractivity contribution in [3.8, 4) is 0 Å². The topological polar surface area (TPSA) is 121 Å². The van der Waals surface area contributed by atoms with Crippen LogP contribution in [0, 0.1) is 0 Å². The molecule has 0 heterocycles. The minimum atomic E-state index is -4.76. The Labute approximate surface area is 204 Å². The van der Waals surface area contributed by atoms with Crippen LogP contribution in [0.3, 0.4) is 0 Å². The second-order valence-corrected chi connectivity index (χ2v) is 11.1. The molecule has 0 atom stereocenters. The second-order valence-electron chi connectivity index (χ2n) is 7.23. The molecule has 0 unspecified atom stereocenters. The van der Waals surface area contributed by atoms with Crippen molar-refractivity contribution in [2.45, 2.75) is 11.1 Å². The van der Waals surface area contributed by atoms with Crippen LogP contribution in [0.2, 0.25) is 5.02 Å². The van der Waals surface area contributed by atoms with Crippen molar-refractivity contribution >= 4 is 54.6 Å². The summed E-state index contributed by atoms with van der Waals surface area (Å²) in [7, 11) is -7.70. The van der Waals surface area contributed by atoms with E-state index in [4.69, 9.17) is 11.6 Å². The Morgan fingerprint density at radius 2 is 1.34 bits per heavy atom. The maximum atomic E-state index is 13.0. The number of amides is 1. The smallest absolute Gasteiger partial charge is 0.322 e. The van der Waals surface area contributed by atoms with Crippen LogP contribution in [0.25, 0.3) is 0 Å². The van der Waals surface area contributed by atoms with Gasteiger partial charge >= 0.3 is 6.18 Å². The Kier molecular flexibility index (Phi) is 7.34. The third-order valence-corrected chi connectivity index (χ3v) is 6.73. The molecule has 0 aliphatic rings. The zero-order valence-corrected chi connectivity index (χ0v) is 20.1. The first kappa shape index (κ1) is 26.3. The van der Waals surface area contributed by atoms with Gasteiger partial charge in [-0.1, -0.05) is 11.6 Å². The Morgan fingerprint density at radius 3 is 1.89 bits per heavy atom. The summed E-state index contributed by atoms with van der Waals surface area (Å²) in [6.07, 6.45) is -3.77. The van der Waals surface area contributed by atoms with Crippen molar-refractivity contribution in [1.29, 1.82) is 0 Å². The lowest BCUT2D eigenvalue weighted by Crippen LogP contribution is -2.15. The number of carbonyl (C=O) groups excluding carboxylic acids is 1. The summed E-state index contributed by atoms with van der Waals surface area (Å²) in [6.45, 7) is 0. The molecule has 3 aromatic carbocycles. The van der Waals surface area contributed by atoms with Crippen molar-refractivity contribution in [2.75, 3.05) is 21.0 Å². The first-order valence-corrected chi connectivity index (χ1v) is 13.3. The molecule has 0 saturated heterocycles. The van der Waals surface area contributed by atoms with Crippen molar-refractivity contribution < 1.29 is 34.8 Å². The lowest BCUT2D eigenvalue weighted by atomic mass is 10.2. The minimum Gasteiger partial charge on any atom is -0.322 e. The molecule has 1 amide bonds. The van der Waals surface area contributed by atoms with E-state index < -0.39 is 42.7 Å². The van der Waals surface area contributed by atoms with Gasteiger partial charge in [0.25, 0.3) is 15.9 Å². The summed E-state index contributed by atoms with van der Waals surface area (Å²) in [5.41, 5.74) is -0.775. The van der Waals surface area contributed by atoms with Crippen LogP contribution in [0.4, 0.5) is 30.2 Å². The van der Waals surface area contributed by atoms with Crippen molar-refractivity contribution in [3.63, 3.8) is 0 Å². The van der Waals surface area contributed by atoms with Gasteiger partial charge in [0.2, 0.25) is 10.0 Å². The first-order valence-electron chi connectivity index (χ1n) is 9.53. The molecule has 3 N–H and O–H groups in total. The van der Waals surface area contributed by atoms with E-state index in [2.05, 4.69) is 14.8 Å². The van der Waals surface area contributed by atoms with Gasteiger partial charge in [-0.05, 0) is 66.7 Å². The fourth-order valence-corrected chi connectivity index (χ4v) is 4.68. The number of carbonyl (C=O) groups is 1. The van der Waals surface area contributed by atoms with Crippen LogP contribution in [0.1, 0.15) is 15.9 Å². The van der Waals surface area contributed by atoms with Gasteiger partial charge in [-0.25, -0.2) is 16.8 Å². The van der Waals surface area contributed by atoms with Crippen LogP contribution < -0.4 is 14.8 Å². The van der Waals surface area contributed by atoms with Gasteiger partial charge in [-0.3, -0.25) is 14.2 Å². The molecule has 0 aromatic heterocycles. The van der Waals surface area contributed by atoms with Crippen LogP contribution in [0.15, 0.2) is 71.6 Å². The van der Waals surface area contributed by atoms with Crippen LogP contribution in [0.5, 0.6) is 0 Å². The molecular weight excluding hydrogens is 531 g/mol. The highest BCUT2D eigenvalue weighted by molar-refractivity contribution is 7.92. The maximum absolute atomic E-state index is 13.0. The van der Waals surface area contributed by atoms with E-state index in [9.17, 15) is 34.8 Å². The SMILES string of the molecule is CS(=O)(=O)Nc1ccc(C(=O)Nc2ccc(S(=O)(=O)Nc3ccc(Cl)c(C(F)(F)F)c3)cc2)cc1.